The van der Waals surface area contributed by atoms with Gasteiger partial charge in [-0.3, -0.25) is 0 Å². The zero-order valence-corrected chi connectivity index (χ0v) is 22.4. The molecule has 6 nitrogen and oxygen atoms in total. The Morgan fingerprint density at radius 2 is 0.957 bits per heavy atom. The van der Waals surface area contributed by atoms with Crippen LogP contribution in [0.25, 0.3) is 0 Å². The van der Waals surface area contributed by atoms with Crippen LogP contribution in [0, 0.1) is 0 Å². The van der Waals surface area contributed by atoms with E-state index in [0.717, 1.165) is 12.8 Å². The van der Waals surface area contributed by atoms with Gasteiger partial charge in [0.25, 0.3) is 0 Å². The van der Waals surface area contributed by atoms with Crippen molar-refractivity contribution in [2.24, 2.45) is 0 Å². The topological polar surface area (TPSA) is 71.1 Å². The third-order valence-corrected chi connectivity index (χ3v) is 15.3. The third kappa shape index (κ3) is 12.3. The molecule has 0 radical (unpaired) electrons. The van der Waals surface area contributed by atoms with E-state index in [4.69, 9.17) is 18.1 Å². The van der Waals surface area contributed by atoms with Gasteiger partial charge in [-0.25, -0.2) is 0 Å². The first-order valence-electron chi connectivity index (χ1n) is 8.71. The minimum absolute atomic E-state index is 0.422. The Bertz CT molecular complexity index is 326. The van der Waals surface area contributed by atoms with Crippen LogP contribution >= 0.6 is 15.2 Å². The Balaban J connectivity index is 3.87. The van der Waals surface area contributed by atoms with Gasteiger partial charge >= 0.3 is 154 Å². The van der Waals surface area contributed by atoms with Crippen LogP contribution in [0.5, 0.6) is 0 Å². The summed E-state index contributed by atoms with van der Waals surface area (Å²) in [6, 6.07) is 0. The first-order valence-corrected chi connectivity index (χ1v) is 19.9. The van der Waals surface area contributed by atoms with Gasteiger partial charge in [0.1, 0.15) is 0 Å². The van der Waals surface area contributed by atoms with Crippen LogP contribution in [0.1, 0.15) is 40.5 Å². The Morgan fingerprint density at radius 3 is 1.22 bits per heavy atom. The van der Waals surface area contributed by atoms with Crippen LogP contribution in [0.2, 0.25) is 7.86 Å². The van der Waals surface area contributed by atoms with E-state index in [0.29, 0.717) is 38.8 Å². The molecule has 0 atom stereocenters. The van der Waals surface area contributed by atoms with E-state index in [1.165, 1.54) is 7.86 Å². The molecule has 0 aromatic carbocycles. The molecule has 0 aliphatic carbocycles. The summed E-state index contributed by atoms with van der Waals surface area (Å²) in [5.74, 6) is 0. The molecular weight excluding hydrogens is 527 g/mol. The fourth-order valence-corrected chi connectivity index (χ4v) is 15.1. The van der Waals surface area contributed by atoms with E-state index in [-0.39, 0.29) is 0 Å². The molecule has 0 aromatic rings. The van der Waals surface area contributed by atoms with Gasteiger partial charge in [0, 0.05) is 0 Å². The van der Waals surface area contributed by atoms with Crippen molar-refractivity contribution in [1.82, 2.24) is 0 Å². The van der Waals surface area contributed by atoms with Gasteiger partial charge in [0.2, 0.25) is 0 Å². The van der Waals surface area contributed by atoms with Crippen LogP contribution in [0.3, 0.4) is 0 Å². The molecule has 9 heteroatoms. The summed E-state index contributed by atoms with van der Waals surface area (Å²) >= 11 is -0.993. The van der Waals surface area contributed by atoms with Crippen molar-refractivity contribution < 1.29 is 51.8 Å². The molecule has 0 amide bonds. The molecule has 0 fully saturated rings. The number of hydrogen-bond acceptors (Lipinski definition) is 6. The van der Waals surface area contributed by atoms with Gasteiger partial charge in [-0.05, 0) is 0 Å². The van der Waals surface area contributed by atoms with Crippen molar-refractivity contribution >= 4 is 15.2 Å². The molecule has 23 heavy (non-hydrogen) atoms. The Kier molecular flexibility index (Phi) is 15.2. The number of rotatable bonds is 16. The molecule has 0 N–H and O–H groups in total. The van der Waals surface area contributed by atoms with Crippen molar-refractivity contribution in [2.75, 3.05) is 38.8 Å². The Morgan fingerprint density at radius 1 is 0.652 bits per heavy atom. The molecule has 0 unspecified atom stereocenters. The first kappa shape index (κ1) is 24.2. The molecule has 0 saturated carbocycles. The van der Waals surface area contributed by atoms with E-state index >= 15 is 0 Å². The number of hydrogen-bond donors (Lipinski definition) is 0. The zero-order valence-electron chi connectivity index (χ0n) is 15.1. The van der Waals surface area contributed by atoms with Gasteiger partial charge in [-0.15, -0.1) is 0 Å². The summed E-state index contributed by atoms with van der Waals surface area (Å²) in [6.07, 6.45) is 2.86. The second-order valence-corrected chi connectivity index (χ2v) is 17.7. The van der Waals surface area contributed by atoms with Crippen LogP contribution < -0.4 is 0 Å². The molecule has 0 rings (SSSR count). The summed E-state index contributed by atoms with van der Waals surface area (Å²) < 4.78 is 48.1. The molecule has 0 saturated heterocycles. The third-order valence-electron chi connectivity index (χ3n) is 3.17. The summed E-state index contributed by atoms with van der Waals surface area (Å²) in [5, 5.41) is 0. The van der Waals surface area contributed by atoms with Crippen LogP contribution in [0.4, 0.5) is 0 Å². The van der Waals surface area contributed by atoms with Gasteiger partial charge in [-0.2, -0.15) is 0 Å². The molecule has 0 heterocycles. The van der Waals surface area contributed by atoms with Gasteiger partial charge in [0.05, 0.1) is 0 Å². The zero-order chi connectivity index (χ0) is 17.6. The standard InChI is InChI=1S/2C7H16O3P.Hg/c2*1-4-7-11(8,9-5-2)10-6-3;/h2*1,4-7H2,2-3H3;. The first-order chi connectivity index (χ1) is 10.9. The molecule has 0 aromatic heterocycles. The van der Waals surface area contributed by atoms with Crippen molar-refractivity contribution in [3.05, 3.63) is 0 Å². The molecule has 0 spiro atoms. The average Bonchev–Trinajstić information content (AvgIpc) is 2.47. The fraction of sp³-hybridized carbons (Fsp3) is 1.00. The maximum absolute atomic E-state index is 12.3. The van der Waals surface area contributed by atoms with Gasteiger partial charge < -0.3 is 0 Å². The van der Waals surface area contributed by atoms with Gasteiger partial charge in [0.15, 0.2) is 0 Å². The Hall–Kier alpha value is 1.24. The van der Waals surface area contributed by atoms with Crippen molar-refractivity contribution in [3.63, 3.8) is 0 Å². The summed E-state index contributed by atoms with van der Waals surface area (Å²) in [4.78, 5) is 0. The summed E-state index contributed by atoms with van der Waals surface area (Å²) in [7, 11) is -5.74. The molecule has 0 aliphatic rings. The van der Waals surface area contributed by atoms with E-state index in [2.05, 4.69) is 0 Å². The molecular formula is C14H32HgO6P2. The SMILES string of the molecule is CCOP(=O)(CC[CH2][Hg][CH2]CCP(=O)(OCC)OCC)OCC. The molecule has 0 aliphatic heterocycles. The van der Waals surface area contributed by atoms with Crippen molar-refractivity contribution in [1.29, 1.82) is 0 Å². The second-order valence-electron chi connectivity index (χ2n) is 5.11. The predicted octanol–water partition coefficient (Wildman–Crippen LogP) is 5.22. The van der Waals surface area contributed by atoms with E-state index < -0.39 is 39.8 Å². The van der Waals surface area contributed by atoms with E-state index in [1.807, 2.05) is 27.7 Å². The predicted molar refractivity (Wildman–Crippen MR) is 90.3 cm³/mol. The summed E-state index contributed by atoms with van der Waals surface area (Å²) in [5.41, 5.74) is 0. The van der Waals surface area contributed by atoms with Crippen LogP contribution in [-0.2, 0) is 51.8 Å². The van der Waals surface area contributed by atoms with Crippen LogP contribution in [-0.4, -0.2) is 38.8 Å². The quantitative estimate of drug-likeness (QED) is 0.147. The maximum atomic E-state index is 12.3. The Labute approximate surface area is 153 Å². The second kappa shape index (κ2) is 14.4. The average molecular weight is 559 g/mol. The summed E-state index contributed by atoms with van der Waals surface area (Å²) in [6.45, 7) is 9.03. The van der Waals surface area contributed by atoms with Crippen molar-refractivity contribution in [2.45, 2.75) is 48.4 Å². The van der Waals surface area contributed by atoms with E-state index in [1.54, 1.807) is 0 Å². The normalized spacial score (nSPS) is 12.3. The van der Waals surface area contributed by atoms with Crippen LogP contribution in [0.15, 0.2) is 0 Å². The molecule has 0 bridgehead atoms. The monoisotopic (exact) mass is 560 g/mol. The molecule has 136 valence electrons. The minimum atomic E-state index is -2.87. The van der Waals surface area contributed by atoms with E-state index in [9.17, 15) is 9.13 Å². The fourth-order valence-electron chi connectivity index (χ4n) is 2.26. The van der Waals surface area contributed by atoms with Gasteiger partial charge in [-0.1, -0.05) is 0 Å². The van der Waals surface area contributed by atoms with Crippen molar-refractivity contribution in [3.8, 4) is 0 Å².